The summed E-state index contributed by atoms with van der Waals surface area (Å²) in [6.07, 6.45) is 1.77. The highest BCUT2D eigenvalue weighted by atomic mass is 16.3. The number of rotatable bonds is 2. The first-order chi connectivity index (χ1) is 8.49. The minimum absolute atomic E-state index is 0.0400. The van der Waals surface area contributed by atoms with Crippen molar-refractivity contribution in [3.05, 3.63) is 52.4 Å². The minimum atomic E-state index is -0.0400. The first kappa shape index (κ1) is 12.4. The second-order valence-electron chi connectivity index (χ2n) is 4.80. The summed E-state index contributed by atoms with van der Waals surface area (Å²) < 4.78 is 1.53. The molecule has 0 aliphatic heterocycles. The van der Waals surface area contributed by atoms with Crippen LogP contribution in [0.3, 0.4) is 0 Å². The Kier molecular flexibility index (Phi) is 3.24. The summed E-state index contributed by atoms with van der Waals surface area (Å²) in [5.74, 6) is 0.593. The fourth-order valence-electron chi connectivity index (χ4n) is 1.98. The number of phenolic OH excluding ortho intramolecular Hbond substituents is 1. The van der Waals surface area contributed by atoms with Crippen molar-refractivity contribution in [2.24, 2.45) is 7.05 Å². The molecule has 0 saturated carbocycles. The smallest absolute Gasteiger partial charge is 0.250 e. The van der Waals surface area contributed by atoms with E-state index < -0.39 is 0 Å². The molecule has 0 fully saturated rings. The highest BCUT2D eigenvalue weighted by Crippen LogP contribution is 2.30. The molecule has 0 aliphatic carbocycles. The molecule has 0 atom stereocenters. The predicted molar refractivity (Wildman–Crippen MR) is 72.9 cm³/mol. The number of aromatic nitrogens is 1. The van der Waals surface area contributed by atoms with Gasteiger partial charge in [0.15, 0.2) is 0 Å². The number of aryl methyl sites for hydroxylation is 1. The van der Waals surface area contributed by atoms with Gasteiger partial charge in [-0.15, -0.1) is 0 Å². The second-order valence-corrected chi connectivity index (χ2v) is 4.80. The van der Waals surface area contributed by atoms with Crippen LogP contribution in [0, 0.1) is 0 Å². The third-order valence-electron chi connectivity index (χ3n) is 3.07. The van der Waals surface area contributed by atoms with Gasteiger partial charge in [-0.2, -0.15) is 0 Å². The van der Waals surface area contributed by atoms with Crippen LogP contribution in [0.15, 0.2) is 41.3 Å². The van der Waals surface area contributed by atoms with Crippen molar-refractivity contribution in [2.75, 3.05) is 0 Å². The van der Waals surface area contributed by atoms with Gasteiger partial charge < -0.3 is 9.67 Å². The summed E-state index contributed by atoms with van der Waals surface area (Å²) >= 11 is 0. The molecular weight excluding hydrogens is 226 g/mol. The fourth-order valence-corrected chi connectivity index (χ4v) is 1.98. The Morgan fingerprint density at radius 2 is 1.78 bits per heavy atom. The molecule has 0 aliphatic rings. The Morgan fingerprint density at radius 3 is 2.33 bits per heavy atom. The third-order valence-corrected chi connectivity index (χ3v) is 3.07. The lowest BCUT2D eigenvalue weighted by Gasteiger charge is -2.10. The lowest BCUT2D eigenvalue weighted by atomic mass is 9.98. The molecule has 0 spiro atoms. The van der Waals surface area contributed by atoms with Gasteiger partial charge in [-0.25, -0.2) is 0 Å². The van der Waals surface area contributed by atoms with Crippen molar-refractivity contribution in [3.8, 4) is 16.9 Å². The Morgan fingerprint density at radius 1 is 1.11 bits per heavy atom. The summed E-state index contributed by atoms with van der Waals surface area (Å²) in [5, 5.41) is 9.98. The Hall–Kier alpha value is -2.03. The zero-order chi connectivity index (χ0) is 13.3. The summed E-state index contributed by atoms with van der Waals surface area (Å²) in [7, 11) is 1.72. The Balaban J connectivity index is 2.48. The van der Waals surface area contributed by atoms with E-state index in [4.69, 9.17) is 0 Å². The molecule has 1 heterocycles. The quantitative estimate of drug-likeness (QED) is 0.881. The maximum Gasteiger partial charge on any atom is 0.250 e. The average molecular weight is 243 g/mol. The van der Waals surface area contributed by atoms with E-state index in [9.17, 15) is 9.90 Å². The van der Waals surface area contributed by atoms with E-state index in [0.717, 1.165) is 16.7 Å². The number of phenols is 1. The first-order valence-corrected chi connectivity index (χ1v) is 5.99. The zero-order valence-corrected chi connectivity index (χ0v) is 10.8. The van der Waals surface area contributed by atoms with Gasteiger partial charge in [0.1, 0.15) is 5.75 Å². The molecule has 0 saturated heterocycles. The third kappa shape index (κ3) is 2.30. The van der Waals surface area contributed by atoms with Crippen molar-refractivity contribution in [2.45, 2.75) is 19.8 Å². The molecule has 2 aromatic rings. The summed E-state index contributed by atoms with van der Waals surface area (Å²) in [6, 6.07) is 8.94. The van der Waals surface area contributed by atoms with Crippen molar-refractivity contribution in [1.29, 1.82) is 0 Å². The maximum absolute atomic E-state index is 11.3. The summed E-state index contributed by atoms with van der Waals surface area (Å²) in [6.45, 7) is 4.09. The van der Waals surface area contributed by atoms with Gasteiger partial charge in [-0.1, -0.05) is 26.0 Å². The van der Waals surface area contributed by atoms with Gasteiger partial charge in [0.2, 0.25) is 5.56 Å². The molecule has 1 N–H and O–H groups in total. The number of aromatic hydroxyl groups is 1. The SMILES string of the molecule is CC(C)c1ccc(-c2ccc(=O)n(C)c2)cc1O. The molecule has 0 amide bonds. The summed E-state index contributed by atoms with van der Waals surface area (Å²) in [5.41, 5.74) is 2.72. The Bertz CT molecular complexity index is 627. The normalized spacial score (nSPS) is 10.9. The molecule has 0 unspecified atom stereocenters. The molecule has 1 aromatic carbocycles. The molecule has 0 bridgehead atoms. The van der Waals surface area contributed by atoms with Crippen LogP contribution in [0.25, 0.3) is 11.1 Å². The Labute approximate surface area is 106 Å². The van der Waals surface area contributed by atoms with E-state index in [2.05, 4.69) is 0 Å². The molecule has 2 rings (SSSR count). The van der Waals surface area contributed by atoms with Gasteiger partial charge in [-0.3, -0.25) is 4.79 Å². The van der Waals surface area contributed by atoms with Crippen molar-refractivity contribution in [3.63, 3.8) is 0 Å². The van der Waals surface area contributed by atoms with Gasteiger partial charge >= 0.3 is 0 Å². The van der Waals surface area contributed by atoms with Crippen molar-refractivity contribution in [1.82, 2.24) is 4.57 Å². The lowest BCUT2D eigenvalue weighted by molar-refractivity contribution is 0.465. The number of benzene rings is 1. The van der Waals surface area contributed by atoms with E-state index in [1.54, 1.807) is 25.4 Å². The highest BCUT2D eigenvalue weighted by molar-refractivity contribution is 5.65. The monoisotopic (exact) mass is 243 g/mol. The zero-order valence-electron chi connectivity index (χ0n) is 10.8. The largest absolute Gasteiger partial charge is 0.508 e. The van der Waals surface area contributed by atoms with Crippen LogP contribution in [0.5, 0.6) is 5.75 Å². The molecule has 1 aromatic heterocycles. The van der Waals surface area contributed by atoms with Gasteiger partial charge in [0.05, 0.1) is 0 Å². The van der Waals surface area contributed by atoms with E-state index in [-0.39, 0.29) is 5.56 Å². The highest BCUT2D eigenvalue weighted by Gasteiger charge is 2.07. The van der Waals surface area contributed by atoms with Gasteiger partial charge in [-0.05, 0) is 34.7 Å². The molecule has 94 valence electrons. The number of hydrogen-bond acceptors (Lipinski definition) is 2. The topological polar surface area (TPSA) is 42.2 Å². The van der Waals surface area contributed by atoms with Crippen LogP contribution < -0.4 is 5.56 Å². The van der Waals surface area contributed by atoms with Crippen molar-refractivity contribution >= 4 is 0 Å². The number of pyridine rings is 1. The number of hydrogen-bond donors (Lipinski definition) is 1. The van der Waals surface area contributed by atoms with Crippen LogP contribution in [0.1, 0.15) is 25.3 Å². The molecular formula is C15H17NO2. The van der Waals surface area contributed by atoms with Gasteiger partial charge in [0, 0.05) is 19.3 Å². The predicted octanol–water partition coefficient (Wildman–Crippen LogP) is 2.88. The number of nitrogens with zero attached hydrogens (tertiary/aromatic N) is 1. The van der Waals surface area contributed by atoms with Crippen molar-refractivity contribution < 1.29 is 5.11 Å². The van der Waals surface area contributed by atoms with Crippen LogP contribution >= 0.6 is 0 Å². The summed E-state index contributed by atoms with van der Waals surface area (Å²) in [4.78, 5) is 11.3. The minimum Gasteiger partial charge on any atom is -0.508 e. The standard InChI is InChI=1S/C15H17NO2/c1-10(2)13-6-4-11(8-14(13)17)12-5-7-15(18)16(3)9-12/h4-10,17H,1-3H3. The lowest BCUT2D eigenvalue weighted by Crippen LogP contribution is -2.13. The van der Waals surface area contributed by atoms with E-state index in [1.807, 2.05) is 26.0 Å². The average Bonchev–Trinajstić information content (AvgIpc) is 2.32. The maximum atomic E-state index is 11.3. The fraction of sp³-hybridized carbons (Fsp3) is 0.267. The molecule has 3 nitrogen and oxygen atoms in total. The van der Waals surface area contributed by atoms with Gasteiger partial charge in [0.25, 0.3) is 0 Å². The van der Waals surface area contributed by atoms with E-state index in [0.29, 0.717) is 11.7 Å². The first-order valence-electron chi connectivity index (χ1n) is 5.99. The van der Waals surface area contributed by atoms with Crippen LogP contribution in [-0.4, -0.2) is 9.67 Å². The van der Waals surface area contributed by atoms with Crippen LogP contribution in [-0.2, 0) is 7.05 Å². The molecule has 18 heavy (non-hydrogen) atoms. The van der Waals surface area contributed by atoms with E-state index in [1.165, 1.54) is 10.6 Å². The van der Waals surface area contributed by atoms with E-state index >= 15 is 0 Å². The second kappa shape index (κ2) is 4.69. The van der Waals surface area contributed by atoms with Crippen LogP contribution in [0.2, 0.25) is 0 Å². The molecule has 3 heteroatoms. The molecule has 0 radical (unpaired) electrons. The van der Waals surface area contributed by atoms with Crippen LogP contribution in [0.4, 0.5) is 0 Å².